The van der Waals surface area contributed by atoms with Crippen molar-refractivity contribution in [1.29, 1.82) is 0 Å². The molecule has 0 amide bonds. The summed E-state index contributed by atoms with van der Waals surface area (Å²) < 4.78 is 10.7. The van der Waals surface area contributed by atoms with Gasteiger partial charge in [-0.05, 0) is 37.1 Å². The third-order valence-electron chi connectivity index (χ3n) is 4.27. The lowest BCUT2D eigenvalue weighted by atomic mass is 10.2. The summed E-state index contributed by atoms with van der Waals surface area (Å²) in [7, 11) is 3.25. The predicted octanol–water partition coefficient (Wildman–Crippen LogP) is 3.87. The second kappa shape index (κ2) is 7.49. The molecule has 1 fully saturated rings. The van der Waals surface area contributed by atoms with Crippen LogP contribution in [-0.2, 0) is 0 Å². The van der Waals surface area contributed by atoms with E-state index in [0.29, 0.717) is 23.6 Å². The van der Waals surface area contributed by atoms with E-state index in [4.69, 9.17) is 9.47 Å². The molecule has 138 valence electrons. The maximum absolute atomic E-state index is 5.47. The van der Waals surface area contributed by atoms with Gasteiger partial charge < -0.3 is 20.1 Å². The number of nitrogens with zero attached hydrogens (tertiary/aromatic N) is 3. The van der Waals surface area contributed by atoms with Gasteiger partial charge in [0, 0.05) is 36.1 Å². The molecule has 27 heavy (non-hydrogen) atoms. The average molecular weight is 363 g/mol. The highest BCUT2D eigenvalue weighted by Crippen LogP contribution is 2.32. The van der Waals surface area contributed by atoms with Crippen LogP contribution in [0.4, 0.5) is 17.5 Å². The standard InChI is InChI=1S/C20H21N5O2/c1-26-15-7-8-16(18(10-15)27-2)23-19-11-17(13-4-3-9-21-12-13)24-20(25-19)22-14-5-6-14/h3-4,7-12,14H,5-6H2,1-2H3,(H2,22,23,24,25). The fourth-order valence-corrected chi connectivity index (χ4v) is 2.69. The summed E-state index contributed by atoms with van der Waals surface area (Å²) in [5.41, 5.74) is 2.53. The first-order chi connectivity index (χ1) is 13.2. The normalized spacial score (nSPS) is 13.1. The molecule has 1 saturated carbocycles. The summed E-state index contributed by atoms with van der Waals surface area (Å²) >= 11 is 0. The topological polar surface area (TPSA) is 81.2 Å². The van der Waals surface area contributed by atoms with E-state index in [1.165, 1.54) is 0 Å². The van der Waals surface area contributed by atoms with Crippen LogP contribution >= 0.6 is 0 Å². The van der Waals surface area contributed by atoms with Gasteiger partial charge in [0.25, 0.3) is 0 Å². The molecular weight excluding hydrogens is 342 g/mol. The van der Waals surface area contributed by atoms with Gasteiger partial charge in [0.2, 0.25) is 5.95 Å². The fraction of sp³-hybridized carbons (Fsp3) is 0.250. The number of hydrogen-bond acceptors (Lipinski definition) is 7. The number of aromatic nitrogens is 3. The minimum Gasteiger partial charge on any atom is -0.497 e. The van der Waals surface area contributed by atoms with E-state index in [9.17, 15) is 0 Å². The summed E-state index contributed by atoms with van der Waals surface area (Å²) in [5, 5.41) is 6.69. The number of pyridine rings is 1. The molecule has 0 radical (unpaired) electrons. The van der Waals surface area contributed by atoms with Crippen LogP contribution in [0.25, 0.3) is 11.3 Å². The molecule has 0 spiro atoms. The summed E-state index contributed by atoms with van der Waals surface area (Å²) in [6, 6.07) is 11.8. The Morgan fingerprint density at radius 2 is 1.93 bits per heavy atom. The van der Waals surface area contributed by atoms with E-state index in [1.807, 2.05) is 36.4 Å². The number of anilines is 3. The monoisotopic (exact) mass is 363 g/mol. The van der Waals surface area contributed by atoms with E-state index in [-0.39, 0.29) is 0 Å². The molecule has 1 aliphatic rings. The van der Waals surface area contributed by atoms with Crippen molar-refractivity contribution in [2.75, 3.05) is 24.9 Å². The van der Waals surface area contributed by atoms with Gasteiger partial charge in [0.15, 0.2) is 0 Å². The number of hydrogen-bond donors (Lipinski definition) is 2. The Morgan fingerprint density at radius 1 is 1.04 bits per heavy atom. The maximum Gasteiger partial charge on any atom is 0.225 e. The van der Waals surface area contributed by atoms with Crippen LogP contribution in [0.3, 0.4) is 0 Å². The fourth-order valence-electron chi connectivity index (χ4n) is 2.69. The highest BCUT2D eigenvalue weighted by Gasteiger charge is 2.22. The Balaban J connectivity index is 1.69. The van der Waals surface area contributed by atoms with Crippen molar-refractivity contribution >= 4 is 17.5 Å². The zero-order chi connectivity index (χ0) is 18.6. The zero-order valence-electron chi connectivity index (χ0n) is 15.3. The largest absolute Gasteiger partial charge is 0.497 e. The zero-order valence-corrected chi connectivity index (χ0v) is 15.3. The molecular formula is C20H21N5O2. The van der Waals surface area contributed by atoms with E-state index in [0.717, 1.165) is 35.5 Å². The number of benzene rings is 1. The van der Waals surface area contributed by atoms with Crippen LogP contribution in [0, 0.1) is 0 Å². The second-order valence-electron chi connectivity index (χ2n) is 6.31. The Morgan fingerprint density at radius 3 is 2.63 bits per heavy atom. The third kappa shape index (κ3) is 4.08. The van der Waals surface area contributed by atoms with E-state index >= 15 is 0 Å². The van der Waals surface area contributed by atoms with Crippen molar-refractivity contribution in [3.05, 3.63) is 48.8 Å². The summed E-state index contributed by atoms with van der Waals surface area (Å²) in [6.07, 6.45) is 5.83. The van der Waals surface area contributed by atoms with E-state index in [1.54, 1.807) is 26.6 Å². The molecule has 0 saturated heterocycles. The molecule has 0 atom stereocenters. The number of methoxy groups -OCH3 is 2. The maximum atomic E-state index is 5.47. The predicted molar refractivity (Wildman–Crippen MR) is 105 cm³/mol. The molecule has 0 bridgehead atoms. The van der Waals surface area contributed by atoms with Gasteiger partial charge in [-0.25, -0.2) is 4.98 Å². The van der Waals surface area contributed by atoms with E-state index < -0.39 is 0 Å². The smallest absolute Gasteiger partial charge is 0.225 e. The van der Waals surface area contributed by atoms with Crippen molar-refractivity contribution in [1.82, 2.24) is 15.0 Å². The quantitative estimate of drug-likeness (QED) is 0.659. The molecule has 7 nitrogen and oxygen atoms in total. The van der Waals surface area contributed by atoms with Crippen molar-refractivity contribution < 1.29 is 9.47 Å². The minimum absolute atomic E-state index is 0.456. The lowest BCUT2D eigenvalue weighted by Gasteiger charge is -2.14. The van der Waals surface area contributed by atoms with Crippen molar-refractivity contribution in [2.45, 2.75) is 18.9 Å². The molecule has 7 heteroatoms. The lowest BCUT2D eigenvalue weighted by Crippen LogP contribution is -2.08. The van der Waals surface area contributed by atoms with Crippen LogP contribution in [-0.4, -0.2) is 35.2 Å². The van der Waals surface area contributed by atoms with Crippen LogP contribution in [0.1, 0.15) is 12.8 Å². The Bertz CT molecular complexity index is 929. The molecule has 2 aromatic heterocycles. The Labute approximate surface area is 157 Å². The molecule has 2 heterocycles. The Kier molecular flexibility index (Phi) is 4.74. The average Bonchev–Trinajstić information content (AvgIpc) is 3.52. The molecule has 0 aliphatic heterocycles. The van der Waals surface area contributed by atoms with Gasteiger partial charge in [-0.2, -0.15) is 4.98 Å². The summed E-state index contributed by atoms with van der Waals surface area (Å²) in [4.78, 5) is 13.4. The number of nitrogens with one attached hydrogen (secondary N) is 2. The van der Waals surface area contributed by atoms with Crippen LogP contribution in [0.2, 0.25) is 0 Å². The van der Waals surface area contributed by atoms with Gasteiger partial charge in [-0.1, -0.05) is 0 Å². The molecule has 2 N–H and O–H groups in total. The van der Waals surface area contributed by atoms with Crippen LogP contribution < -0.4 is 20.1 Å². The highest BCUT2D eigenvalue weighted by molar-refractivity contribution is 5.70. The first-order valence-corrected chi connectivity index (χ1v) is 8.80. The van der Waals surface area contributed by atoms with Gasteiger partial charge in [0.1, 0.15) is 17.3 Å². The highest BCUT2D eigenvalue weighted by atomic mass is 16.5. The number of ether oxygens (including phenoxy) is 2. The molecule has 1 aromatic carbocycles. The molecule has 3 aromatic rings. The van der Waals surface area contributed by atoms with E-state index in [2.05, 4.69) is 25.6 Å². The van der Waals surface area contributed by atoms with Gasteiger partial charge in [-0.3, -0.25) is 4.98 Å². The first kappa shape index (κ1) is 17.1. The van der Waals surface area contributed by atoms with Gasteiger partial charge >= 0.3 is 0 Å². The number of rotatable bonds is 7. The molecule has 1 aliphatic carbocycles. The van der Waals surface area contributed by atoms with Crippen LogP contribution in [0.15, 0.2) is 48.8 Å². The first-order valence-electron chi connectivity index (χ1n) is 8.80. The minimum atomic E-state index is 0.456. The SMILES string of the molecule is COc1ccc(Nc2cc(-c3cccnc3)nc(NC3CC3)n2)c(OC)c1. The molecule has 0 unspecified atom stereocenters. The van der Waals surface area contributed by atoms with Gasteiger partial charge in [-0.15, -0.1) is 0 Å². The van der Waals surface area contributed by atoms with Crippen molar-refractivity contribution in [3.63, 3.8) is 0 Å². The van der Waals surface area contributed by atoms with Crippen LogP contribution in [0.5, 0.6) is 11.5 Å². The van der Waals surface area contributed by atoms with Crippen molar-refractivity contribution in [3.8, 4) is 22.8 Å². The lowest BCUT2D eigenvalue weighted by molar-refractivity contribution is 0.395. The summed E-state index contributed by atoms with van der Waals surface area (Å²) in [6.45, 7) is 0. The third-order valence-corrected chi connectivity index (χ3v) is 4.27. The van der Waals surface area contributed by atoms with Crippen molar-refractivity contribution in [2.24, 2.45) is 0 Å². The Hall–Kier alpha value is -3.35. The van der Waals surface area contributed by atoms with Gasteiger partial charge in [0.05, 0.1) is 25.6 Å². The second-order valence-corrected chi connectivity index (χ2v) is 6.31. The summed E-state index contributed by atoms with van der Waals surface area (Å²) in [5.74, 6) is 2.68. The molecule has 4 rings (SSSR count).